The molecule has 0 saturated heterocycles. The van der Waals surface area contributed by atoms with Crippen molar-refractivity contribution >= 4 is 5.97 Å². The summed E-state index contributed by atoms with van der Waals surface area (Å²) in [6, 6.07) is 1.93. The molecule has 0 bridgehead atoms. The largest absolute Gasteiger partial charge is 0.472 e. The lowest BCUT2D eigenvalue weighted by Gasteiger charge is -2.66. The average molecular weight is 413 g/mol. The van der Waals surface area contributed by atoms with Gasteiger partial charge >= 0.3 is 5.97 Å². The van der Waals surface area contributed by atoms with E-state index in [1.54, 1.807) is 12.5 Å². The van der Waals surface area contributed by atoms with E-state index in [9.17, 15) is 4.79 Å². The molecule has 0 radical (unpaired) electrons. The van der Waals surface area contributed by atoms with Crippen LogP contribution >= 0.6 is 0 Å². The Bertz CT molecular complexity index is 791. The van der Waals surface area contributed by atoms with Gasteiger partial charge in [-0.1, -0.05) is 46.3 Å². The van der Waals surface area contributed by atoms with Gasteiger partial charge in [-0.3, -0.25) is 4.79 Å². The molecule has 0 amide bonds. The predicted octanol–water partition coefficient (Wildman–Crippen LogP) is 7.49. The van der Waals surface area contributed by atoms with E-state index >= 15 is 0 Å². The van der Waals surface area contributed by atoms with Crippen molar-refractivity contribution in [2.45, 2.75) is 92.1 Å². The number of esters is 1. The van der Waals surface area contributed by atoms with Crippen LogP contribution < -0.4 is 0 Å². The fraction of sp³-hybridized carbons (Fsp3) is 0.741. The van der Waals surface area contributed by atoms with Crippen LogP contribution in [0.3, 0.4) is 0 Å². The maximum Gasteiger partial charge on any atom is 0.303 e. The molecule has 6 atom stereocenters. The Morgan fingerprint density at radius 2 is 1.93 bits per heavy atom. The maximum atomic E-state index is 11.9. The Labute approximate surface area is 182 Å². The van der Waals surface area contributed by atoms with Gasteiger partial charge in [0.05, 0.1) is 12.5 Å². The van der Waals surface area contributed by atoms with Gasteiger partial charge in [0, 0.05) is 12.5 Å². The molecule has 3 saturated carbocycles. The van der Waals surface area contributed by atoms with Crippen molar-refractivity contribution in [3.8, 4) is 0 Å². The second-order valence-corrected chi connectivity index (χ2v) is 11.6. The van der Waals surface area contributed by atoms with Crippen molar-refractivity contribution in [1.29, 1.82) is 0 Å². The van der Waals surface area contributed by atoms with Gasteiger partial charge in [-0.15, -0.1) is 0 Å². The van der Waals surface area contributed by atoms with Crippen molar-refractivity contribution in [3.05, 3.63) is 36.3 Å². The van der Waals surface area contributed by atoms with Crippen LogP contribution in [-0.4, -0.2) is 5.97 Å². The van der Waals surface area contributed by atoms with Gasteiger partial charge in [-0.2, -0.15) is 0 Å². The molecule has 4 rings (SSSR count). The van der Waals surface area contributed by atoms with E-state index in [0.717, 1.165) is 24.3 Å². The number of fused-ring (bicyclic) bond motifs is 3. The summed E-state index contributed by atoms with van der Waals surface area (Å²) in [5.41, 5.74) is 3.38. The number of hydrogen-bond acceptors (Lipinski definition) is 3. The van der Waals surface area contributed by atoms with Crippen LogP contribution in [0.5, 0.6) is 0 Å². The van der Waals surface area contributed by atoms with E-state index in [-0.39, 0.29) is 17.5 Å². The molecule has 0 N–H and O–H groups in total. The Morgan fingerprint density at radius 3 is 2.60 bits per heavy atom. The Balaban J connectivity index is 1.66. The van der Waals surface area contributed by atoms with Crippen molar-refractivity contribution in [1.82, 2.24) is 0 Å². The first-order valence-corrected chi connectivity index (χ1v) is 11.9. The third kappa shape index (κ3) is 3.46. The summed E-state index contributed by atoms with van der Waals surface area (Å²) in [6.45, 7) is 16.2. The van der Waals surface area contributed by atoms with Crippen LogP contribution in [0.1, 0.15) is 97.7 Å². The van der Waals surface area contributed by atoms with E-state index < -0.39 is 0 Å². The zero-order chi connectivity index (χ0) is 21.7. The summed E-state index contributed by atoms with van der Waals surface area (Å²) in [5, 5.41) is 0. The molecule has 166 valence electrons. The normalized spacial score (nSPS) is 39.0. The van der Waals surface area contributed by atoms with Crippen LogP contribution in [0.2, 0.25) is 0 Å². The first-order valence-electron chi connectivity index (χ1n) is 11.9. The summed E-state index contributed by atoms with van der Waals surface area (Å²) in [6.07, 6.45) is 12.9. The summed E-state index contributed by atoms with van der Waals surface area (Å²) in [5.74, 6) is 1.66. The quantitative estimate of drug-likeness (QED) is 0.380. The highest BCUT2D eigenvalue weighted by Gasteiger charge is 2.61. The average Bonchev–Trinajstić information content (AvgIpc) is 3.17. The highest BCUT2D eigenvalue weighted by molar-refractivity contribution is 5.66. The number of carbonyl (C=O) groups excluding carboxylic acids is 1. The van der Waals surface area contributed by atoms with E-state index in [1.165, 1.54) is 51.0 Å². The minimum atomic E-state index is -0.257. The second-order valence-electron chi connectivity index (χ2n) is 11.6. The molecule has 0 spiro atoms. The molecular formula is C27H40O3. The lowest BCUT2D eigenvalue weighted by atomic mass is 9.39. The molecule has 30 heavy (non-hydrogen) atoms. The lowest BCUT2D eigenvalue weighted by molar-refractivity contribution is -0.162. The molecule has 1 aromatic rings. The molecular weight excluding hydrogens is 372 g/mol. The van der Waals surface area contributed by atoms with Gasteiger partial charge in [0.2, 0.25) is 0 Å². The molecule has 3 aliphatic rings. The highest BCUT2D eigenvalue weighted by atomic mass is 16.5. The highest BCUT2D eigenvalue weighted by Crippen LogP contribution is 2.69. The first kappa shape index (κ1) is 21.7. The summed E-state index contributed by atoms with van der Waals surface area (Å²) >= 11 is 0. The molecule has 0 aromatic carbocycles. The fourth-order valence-electron chi connectivity index (χ4n) is 8.29. The fourth-order valence-corrected chi connectivity index (χ4v) is 8.29. The maximum absolute atomic E-state index is 11.9. The Kier molecular flexibility index (Phi) is 5.48. The van der Waals surface area contributed by atoms with Gasteiger partial charge in [0.25, 0.3) is 0 Å². The minimum absolute atomic E-state index is 0.218. The molecule has 3 fully saturated rings. The van der Waals surface area contributed by atoms with Crippen LogP contribution in [0.25, 0.3) is 0 Å². The van der Waals surface area contributed by atoms with Gasteiger partial charge in [0.1, 0.15) is 6.10 Å². The Morgan fingerprint density at radius 1 is 1.17 bits per heavy atom. The standard InChI is InChI=1S/C27H40O3/c1-18-8-9-24-26(5,14-10-23-25(3,4)12-7-13-27(23,24)6)21(18)16-22(30-19(2)28)20-11-15-29-17-20/h11,15,17,21-24H,1,7-10,12-14,16H2,2-6H3/t21-,22-,23+,24+,26+,27+/m1/s1. The molecule has 1 heterocycles. The second kappa shape index (κ2) is 7.57. The molecule has 3 nitrogen and oxygen atoms in total. The summed E-state index contributed by atoms with van der Waals surface area (Å²) in [4.78, 5) is 11.9. The van der Waals surface area contributed by atoms with Gasteiger partial charge in [-0.25, -0.2) is 0 Å². The van der Waals surface area contributed by atoms with Crippen molar-refractivity contribution in [3.63, 3.8) is 0 Å². The third-order valence-electron chi connectivity index (χ3n) is 9.56. The van der Waals surface area contributed by atoms with E-state index in [4.69, 9.17) is 9.15 Å². The van der Waals surface area contributed by atoms with Crippen LogP contribution in [0.4, 0.5) is 0 Å². The lowest BCUT2D eigenvalue weighted by Crippen LogP contribution is -2.58. The van der Waals surface area contributed by atoms with Crippen LogP contribution in [0.15, 0.2) is 35.2 Å². The zero-order valence-corrected chi connectivity index (χ0v) is 19.6. The zero-order valence-electron chi connectivity index (χ0n) is 19.6. The van der Waals surface area contributed by atoms with E-state index in [0.29, 0.717) is 22.7 Å². The summed E-state index contributed by atoms with van der Waals surface area (Å²) in [7, 11) is 0. The monoisotopic (exact) mass is 412 g/mol. The number of furan rings is 1. The van der Waals surface area contributed by atoms with Crippen LogP contribution in [-0.2, 0) is 9.53 Å². The number of allylic oxidation sites excluding steroid dienone is 1. The van der Waals surface area contributed by atoms with Crippen molar-refractivity contribution in [2.75, 3.05) is 0 Å². The molecule has 3 heteroatoms. The molecule has 0 aliphatic heterocycles. The van der Waals surface area contributed by atoms with Crippen LogP contribution in [0, 0.1) is 34.0 Å². The predicted molar refractivity (Wildman–Crippen MR) is 120 cm³/mol. The number of ether oxygens (including phenoxy) is 1. The molecule has 3 aliphatic carbocycles. The van der Waals surface area contributed by atoms with E-state index in [1.807, 2.05) is 6.07 Å². The molecule has 1 aromatic heterocycles. The first-order chi connectivity index (χ1) is 14.1. The minimum Gasteiger partial charge on any atom is -0.472 e. The summed E-state index contributed by atoms with van der Waals surface area (Å²) < 4.78 is 11.1. The Hall–Kier alpha value is -1.51. The van der Waals surface area contributed by atoms with Gasteiger partial charge in [0.15, 0.2) is 0 Å². The van der Waals surface area contributed by atoms with Gasteiger partial charge in [-0.05, 0) is 85.0 Å². The number of rotatable bonds is 4. The van der Waals surface area contributed by atoms with Gasteiger partial charge < -0.3 is 9.15 Å². The smallest absolute Gasteiger partial charge is 0.303 e. The topological polar surface area (TPSA) is 39.4 Å². The number of hydrogen-bond donors (Lipinski definition) is 0. The molecule has 0 unspecified atom stereocenters. The van der Waals surface area contributed by atoms with E-state index in [2.05, 4.69) is 34.3 Å². The number of carbonyl (C=O) groups is 1. The van der Waals surface area contributed by atoms with Crippen molar-refractivity contribution < 1.29 is 13.9 Å². The van der Waals surface area contributed by atoms with Crippen molar-refractivity contribution in [2.24, 2.45) is 34.0 Å². The third-order valence-corrected chi connectivity index (χ3v) is 9.56. The SMILES string of the molecule is C=C1CC[C@H]2[C@@](C)(CC[C@H]3C(C)(C)CCC[C@]23C)[C@@H]1C[C@@H](OC(C)=O)c1ccoc1.